The molecular weight excluding hydrogens is 364 g/mol. The second-order valence-corrected chi connectivity index (χ2v) is 7.83. The summed E-state index contributed by atoms with van der Waals surface area (Å²) in [5.41, 5.74) is -0.122. The van der Waals surface area contributed by atoms with Crippen LogP contribution in [0.4, 0.5) is 0 Å². The Morgan fingerprint density at radius 3 is 2.64 bits per heavy atom. The van der Waals surface area contributed by atoms with Crippen LogP contribution in [0.25, 0.3) is 0 Å². The molecule has 1 aromatic carbocycles. The van der Waals surface area contributed by atoms with Crippen LogP contribution in [0.3, 0.4) is 0 Å². The summed E-state index contributed by atoms with van der Waals surface area (Å²) in [5, 5.41) is 11.0. The first-order valence-electron chi connectivity index (χ1n) is 9.60. The third-order valence-electron chi connectivity index (χ3n) is 5.44. The summed E-state index contributed by atoms with van der Waals surface area (Å²) in [6, 6.07) is 9.87. The van der Waals surface area contributed by atoms with Gasteiger partial charge in [-0.1, -0.05) is 42.5 Å². The van der Waals surface area contributed by atoms with Gasteiger partial charge in [0.25, 0.3) is 0 Å². The lowest BCUT2D eigenvalue weighted by atomic mass is 9.79. The molecule has 4 rings (SSSR count). The Balaban J connectivity index is 1.64. The van der Waals surface area contributed by atoms with Crippen LogP contribution in [-0.4, -0.2) is 61.1 Å². The molecule has 0 bridgehead atoms. The van der Waals surface area contributed by atoms with E-state index in [4.69, 9.17) is 28.4 Å². The molecule has 1 aromatic rings. The van der Waals surface area contributed by atoms with Gasteiger partial charge in [-0.25, -0.2) is 0 Å². The molecule has 28 heavy (non-hydrogen) atoms. The van der Waals surface area contributed by atoms with Crippen LogP contribution in [0.1, 0.15) is 25.8 Å². The topological polar surface area (TPSA) is 75.6 Å². The van der Waals surface area contributed by atoms with E-state index in [9.17, 15) is 5.11 Å². The van der Waals surface area contributed by atoms with Gasteiger partial charge in [0.1, 0.15) is 25.1 Å². The number of hydrogen-bond donors (Lipinski definition) is 1. The van der Waals surface area contributed by atoms with E-state index in [0.29, 0.717) is 13.0 Å². The molecule has 7 heteroatoms. The van der Waals surface area contributed by atoms with E-state index in [1.165, 1.54) is 0 Å². The molecule has 2 heterocycles. The summed E-state index contributed by atoms with van der Waals surface area (Å²) in [4.78, 5) is 0. The lowest BCUT2D eigenvalue weighted by molar-refractivity contribution is -0.293. The van der Waals surface area contributed by atoms with E-state index in [0.717, 1.165) is 5.56 Å². The molecule has 1 spiro atoms. The van der Waals surface area contributed by atoms with E-state index >= 15 is 0 Å². The predicted molar refractivity (Wildman–Crippen MR) is 99.2 cm³/mol. The van der Waals surface area contributed by atoms with Crippen molar-refractivity contribution < 1.29 is 33.5 Å². The van der Waals surface area contributed by atoms with Crippen LogP contribution in [0.5, 0.6) is 0 Å². The fourth-order valence-electron chi connectivity index (χ4n) is 4.27. The lowest BCUT2D eigenvalue weighted by Gasteiger charge is -2.45. The number of fused-ring (bicyclic) bond motifs is 1. The Labute approximate surface area is 165 Å². The highest BCUT2D eigenvalue weighted by Crippen LogP contribution is 2.49. The average Bonchev–Trinajstić information content (AvgIpc) is 3.12. The largest absolute Gasteiger partial charge is 0.386 e. The second-order valence-electron chi connectivity index (χ2n) is 7.83. The average molecular weight is 392 g/mol. The molecule has 0 amide bonds. The number of hydrogen-bond acceptors (Lipinski definition) is 7. The molecule has 2 unspecified atom stereocenters. The van der Waals surface area contributed by atoms with E-state index < -0.39 is 42.1 Å². The SMILES string of the molecule is COCO[C@H]1CC=CC(O)C12O[C@@H]1OC(C)(C)O[C@@H]1[C@H]2OCc1ccccc1. The first kappa shape index (κ1) is 20.0. The number of ether oxygens (including phenoxy) is 6. The summed E-state index contributed by atoms with van der Waals surface area (Å²) in [7, 11) is 1.56. The van der Waals surface area contributed by atoms with Crippen molar-refractivity contribution in [1.82, 2.24) is 0 Å². The van der Waals surface area contributed by atoms with E-state index in [1.54, 1.807) is 13.2 Å². The number of benzene rings is 1. The van der Waals surface area contributed by atoms with Crippen molar-refractivity contribution in [2.75, 3.05) is 13.9 Å². The number of rotatable bonds is 6. The fraction of sp³-hybridized carbons (Fsp3) is 0.619. The van der Waals surface area contributed by atoms with Crippen LogP contribution in [0.2, 0.25) is 0 Å². The fourth-order valence-corrected chi connectivity index (χ4v) is 4.27. The highest BCUT2D eigenvalue weighted by molar-refractivity contribution is 5.21. The molecule has 0 radical (unpaired) electrons. The molecule has 2 fully saturated rings. The van der Waals surface area contributed by atoms with Crippen LogP contribution in [0.15, 0.2) is 42.5 Å². The van der Waals surface area contributed by atoms with Gasteiger partial charge in [-0.05, 0) is 25.8 Å². The van der Waals surface area contributed by atoms with Crippen LogP contribution in [-0.2, 0) is 35.0 Å². The molecule has 2 saturated heterocycles. The molecule has 1 aliphatic carbocycles. The number of aliphatic hydroxyl groups is 1. The van der Waals surface area contributed by atoms with Gasteiger partial charge < -0.3 is 33.5 Å². The Kier molecular flexibility index (Phi) is 5.59. The zero-order valence-electron chi connectivity index (χ0n) is 16.4. The van der Waals surface area contributed by atoms with Crippen LogP contribution >= 0.6 is 0 Å². The molecule has 3 aliphatic rings. The maximum absolute atomic E-state index is 11.0. The Hall–Kier alpha value is -1.32. The molecule has 0 aromatic heterocycles. The summed E-state index contributed by atoms with van der Waals surface area (Å²) >= 11 is 0. The Bertz CT molecular complexity index is 691. The van der Waals surface area contributed by atoms with Gasteiger partial charge in [-0.15, -0.1) is 0 Å². The molecule has 6 atom stereocenters. The number of aliphatic hydroxyl groups excluding tert-OH is 1. The quantitative estimate of drug-likeness (QED) is 0.587. The summed E-state index contributed by atoms with van der Waals surface area (Å²) in [6.07, 6.45) is 1.07. The molecule has 0 saturated carbocycles. The summed E-state index contributed by atoms with van der Waals surface area (Å²) < 4.78 is 35.7. The lowest BCUT2D eigenvalue weighted by Crippen LogP contribution is -2.63. The van der Waals surface area contributed by atoms with E-state index in [1.807, 2.05) is 50.3 Å². The minimum absolute atomic E-state index is 0.0876. The summed E-state index contributed by atoms with van der Waals surface area (Å²) in [5.74, 6) is -0.788. The van der Waals surface area contributed by atoms with Crippen LogP contribution < -0.4 is 0 Å². The van der Waals surface area contributed by atoms with Gasteiger partial charge in [0.15, 0.2) is 17.7 Å². The van der Waals surface area contributed by atoms with Crippen molar-refractivity contribution >= 4 is 0 Å². The molecule has 1 N–H and O–H groups in total. The van der Waals surface area contributed by atoms with Gasteiger partial charge in [-0.3, -0.25) is 0 Å². The monoisotopic (exact) mass is 392 g/mol. The van der Waals surface area contributed by atoms with Crippen molar-refractivity contribution in [3.05, 3.63) is 48.0 Å². The Morgan fingerprint density at radius 2 is 1.89 bits per heavy atom. The standard InChI is InChI=1S/C21H28O7/c1-20(2)26-17-18(24-12-14-8-5-4-6-9-14)21(28-19(17)27-20)15(22)10-7-11-16(21)25-13-23-3/h4-10,15-19,22H,11-13H2,1-3H3/t15?,16-,17+,18+,19-,21?/m0/s1. The maximum Gasteiger partial charge on any atom is 0.190 e. The van der Waals surface area contributed by atoms with E-state index in [-0.39, 0.29) is 6.79 Å². The molecule has 7 nitrogen and oxygen atoms in total. The first-order chi connectivity index (χ1) is 13.5. The minimum atomic E-state index is -1.14. The van der Waals surface area contributed by atoms with Gasteiger partial charge in [-0.2, -0.15) is 0 Å². The van der Waals surface area contributed by atoms with Gasteiger partial charge in [0.05, 0.1) is 12.7 Å². The predicted octanol–water partition coefficient (Wildman–Crippen LogP) is 2.13. The van der Waals surface area contributed by atoms with Crippen LogP contribution in [0, 0.1) is 0 Å². The highest BCUT2D eigenvalue weighted by Gasteiger charge is 2.68. The molecular formula is C21H28O7. The molecule has 154 valence electrons. The zero-order valence-corrected chi connectivity index (χ0v) is 16.4. The van der Waals surface area contributed by atoms with E-state index in [2.05, 4.69) is 0 Å². The van der Waals surface area contributed by atoms with Crippen molar-refractivity contribution in [1.29, 1.82) is 0 Å². The van der Waals surface area contributed by atoms with Crippen molar-refractivity contribution in [2.45, 2.75) is 69.0 Å². The molecule has 2 aliphatic heterocycles. The maximum atomic E-state index is 11.0. The normalized spacial score (nSPS) is 38.8. The van der Waals surface area contributed by atoms with Gasteiger partial charge >= 0.3 is 0 Å². The second kappa shape index (κ2) is 7.84. The van der Waals surface area contributed by atoms with Crippen molar-refractivity contribution in [2.24, 2.45) is 0 Å². The smallest absolute Gasteiger partial charge is 0.190 e. The summed E-state index contributed by atoms with van der Waals surface area (Å²) in [6.45, 7) is 4.12. The van der Waals surface area contributed by atoms with Gasteiger partial charge in [0, 0.05) is 7.11 Å². The number of methoxy groups -OCH3 is 1. The third-order valence-corrected chi connectivity index (χ3v) is 5.44. The minimum Gasteiger partial charge on any atom is -0.386 e. The van der Waals surface area contributed by atoms with Crippen molar-refractivity contribution in [3.8, 4) is 0 Å². The van der Waals surface area contributed by atoms with Crippen molar-refractivity contribution in [3.63, 3.8) is 0 Å². The first-order valence-corrected chi connectivity index (χ1v) is 9.60. The highest BCUT2D eigenvalue weighted by atomic mass is 16.9. The van der Waals surface area contributed by atoms with Gasteiger partial charge in [0.2, 0.25) is 0 Å². The third kappa shape index (κ3) is 3.52. The zero-order chi connectivity index (χ0) is 19.8. The Morgan fingerprint density at radius 1 is 1.11 bits per heavy atom.